The van der Waals surface area contributed by atoms with Gasteiger partial charge >= 0.3 is 0 Å². The maximum absolute atomic E-state index is 13.0. The number of carbonyl (C=O) groups excluding carboxylic acids is 1. The van der Waals surface area contributed by atoms with Crippen LogP contribution in [0.3, 0.4) is 0 Å². The van der Waals surface area contributed by atoms with Crippen LogP contribution in [0, 0.1) is 6.92 Å². The van der Waals surface area contributed by atoms with Gasteiger partial charge in [0.05, 0.1) is 5.57 Å². The van der Waals surface area contributed by atoms with Gasteiger partial charge in [0.2, 0.25) is 0 Å². The molecule has 0 aromatic heterocycles. The molecule has 5 heteroatoms. The Labute approximate surface area is 164 Å². The van der Waals surface area contributed by atoms with Gasteiger partial charge < -0.3 is 14.9 Å². The molecule has 0 unspecified atom stereocenters. The van der Waals surface area contributed by atoms with Crippen LogP contribution in [0.4, 0.5) is 0 Å². The van der Waals surface area contributed by atoms with E-state index < -0.39 is 11.2 Å². The number of halogens is 1. The standard InChI is InChI=1S/C22H23ClO4/c1-12-6-7-13(15-9-8-14(23)11-17(15)24)10-16(12)18-19(25)21(2,3)27-22(4,5)20(18)26/h6-11,24-25H,1-5H3. The third kappa shape index (κ3) is 3.35. The molecule has 0 spiro atoms. The predicted octanol–water partition coefficient (Wildman–Crippen LogP) is 5.45. The molecule has 0 saturated heterocycles. The Morgan fingerprint density at radius 3 is 2.22 bits per heavy atom. The van der Waals surface area contributed by atoms with Gasteiger partial charge in [0.25, 0.3) is 0 Å². The summed E-state index contributed by atoms with van der Waals surface area (Å²) >= 11 is 5.92. The van der Waals surface area contributed by atoms with Crippen LogP contribution in [-0.4, -0.2) is 27.2 Å². The summed E-state index contributed by atoms with van der Waals surface area (Å²) < 4.78 is 5.81. The lowest BCUT2D eigenvalue weighted by Crippen LogP contribution is -2.49. The molecule has 1 aliphatic rings. The van der Waals surface area contributed by atoms with Crippen LogP contribution in [0.1, 0.15) is 38.8 Å². The summed E-state index contributed by atoms with van der Waals surface area (Å²) in [5, 5.41) is 21.5. The molecule has 0 aliphatic carbocycles. The number of rotatable bonds is 2. The Morgan fingerprint density at radius 2 is 1.59 bits per heavy atom. The molecule has 0 amide bonds. The number of aliphatic hydroxyl groups excluding tert-OH is 1. The summed E-state index contributed by atoms with van der Waals surface area (Å²) in [6, 6.07) is 10.4. The van der Waals surface area contributed by atoms with Gasteiger partial charge in [-0.2, -0.15) is 0 Å². The molecule has 1 aliphatic heterocycles. The summed E-state index contributed by atoms with van der Waals surface area (Å²) in [6.07, 6.45) is 0. The van der Waals surface area contributed by atoms with Gasteiger partial charge in [-0.15, -0.1) is 0 Å². The van der Waals surface area contributed by atoms with E-state index >= 15 is 0 Å². The third-order valence-electron chi connectivity index (χ3n) is 4.87. The first-order valence-electron chi connectivity index (χ1n) is 8.72. The molecular formula is C22H23ClO4. The second kappa shape index (κ2) is 6.39. The lowest BCUT2D eigenvalue weighted by Gasteiger charge is -2.40. The highest BCUT2D eigenvalue weighted by atomic mass is 35.5. The van der Waals surface area contributed by atoms with Crippen molar-refractivity contribution in [3.63, 3.8) is 0 Å². The smallest absolute Gasteiger partial charge is 0.198 e. The molecule has 4 nitrogen and oxygen atoms in total. The monoisotopic (exact) mass is 386 g/mol. The third-order valence-corrected chi connectivity index (χ3v) is 5.10. The number of phenolic OH excluding ortho intramolecular Hbond substituents is 1. The molecule has 27 heavy (non-hydrogen) atoms. The van der Waals surface area contributed by atoms with E-state index in [9.17, 15) is 15.0 Å². The zero-order valence-corrected chi connectivity index (χ0v) is 16.8. The zero-order valence-electron chi connectivity index (χ0n) is 16.1. The van der Waals surface area contributed by atoms with E-state index in [0.29, 0.717) is 16.1 Å². The van der Waals surface area contributed by atoms with E-state index in [-0.39, 0.29) is 22.9 Å². The average Bonchev–Trinajstić information content (AvgIpc) is 2.55. The van der Waals surface area contributed by atoms with E-state index in [1.165, 1.54) is 6.07 Å². The molecule has 142 valence electrons. The second-order valence-electron chi connectivity index (χ2n) is 7.87. The first-order valence-corrected chi connectivity index (χ1v) is 9.10. The number of carbonyl (C=O) groups is 1. The van der Waals surface area contributed by atoms with E-state index in [4.69, 9.17) is 16.3 Å². The number of phenols is 1. The predicted molar refractivity (Wildman–Crippen MR) is 107 cm³/mol. The number of hydrogen-bond acceptors (Lipinski definition) is 4. The molecule has 0 radical (unpaired) electrons. The van der Waals surface area contributed by atoms with Crippen molar-refractivity contribution in [2.24, 2.45) is 0 Å². The highest BCUT2D eigenvalue weighted by Crippen LogP contribution is 2.42. The van der Waals surface area contributed by atoms with Crippen molar-refractivity contribution >= 4 is 23.0 Å². The van der Waals surface area contributed by atoms with Gasteiger partial charge in [-0.1, -0.05) is 23.7 Å². The van der Waals surface area contributed by atoms with Crippen molar-refractivity contribution < 1.29 is 19.7 Å². The number of ketones is 1. The van der Waals surface area contributed by atoms with Crippen LogP contribution in [0.15, 0.2) is 42.2 Å². The van der Waals surface area contributed by atoms with Gasteiger partial charge in [-0.3, -0.25) is 4.79 Å². The summed E-state index contributed by atoms with van der Waals surface area (Å²) in [5.74, 6) is -0.318. The normalized spacial score (nSPS) is 18.7. The SMILES string of the molecule is Cc1ccc(-c2ccc(Cl)cc2O)cc1C1=C(O)C(C)(C)OC(C)(C)C1=O. The molecule has 2 aromatic rings. The maximum Gasteiger partial charge on any atom is 0.198 e. The van der Waals surface area contributed by atoms with Gasteiger partial charge in [0.1, 0.15) is 22.7 Å². The molecule has 0 bridgehead atoms. The van der Waals surface area contributed by atoms with E-state index in [1.54, 1.807) is 45.9 Å². The molecular weight excluding hydrogens is 364 g/mol. The number of aromatic hydroxyl groups is 1. The Bertz CT molecular complexity index is 970. The molecule has 2 N–H and O–H groups in total. The van der Waals surface area contributed by atoms with Crippen LogP contribution in [0.5, 0.6) is 5.75 Å². The zero-order chi connectivity index (χ0) is 20.1. The fourth-order valence-electron chi connectivity index (χ4n) is 3.50. The summed E-state index contributed by atoms with van der Waals surface area (Å²) in [5.41, 5.74) is 0.986. The summed E-state index contributed by atoms with van der Waals surface area (Å²) in [7, 11) is 0. The summed E-state index contributed by atoms with van der Waals surface area (Å²) in [4.78, 5) is 13.0. The number of ether oxygens (including phenoxy) is 1. The molecule has 0 fully saturated rings. The first kappa shape index (κ1) is 19.5. The Balaban J connectivity index is 2.24. The van der Waals surface area contributed by atoms with Crippen molar-refractivity contribution in [3.8, 4) is 16.9 Å². The maximum atomic E-state index is 13.0. The highest BCUT2D eigenvalue weighted by Gasteiger charge is 2.47. The van der Waals surface area contributed by atoms with Crippen LogP contribution in [0.2, 0.25) is 5.02 Å². The molecule has 1 heterocycles. The molecule has 2 aromatic carbocycles. The topological polar surface area (TPSA) is 66.8 Å². The quantitative estimate of drug-likeness (QED) is 0.720. The van der Waals surface area contributed by atoms with Gasteiger partial charge in [-0.05, 0) is 75.6 Å². The number of aliphatic hydroxyl groups is 1. The Hall–Kier alpha value is -2.30. The Morgan fingerprint density at radius 1 is 0.926 bits per heavy atom. The van der Waals surface area contributed by atoms with E-state index in [1.807, 2.05) is 19.1 Å². The highest BCUT2D eigenvalue weighted by molar-refractivity contribution is 6.30. The fourth-order valence-corrected chi connectivity index (χ4v) is 3.67. The fraction of sp³-hybridized carbons (Fsp3) is 0.318. The van der Waals surface area contributed by atoms with Crippen molar-refractivity contribution in [2.75, 3.05) is 0 Å². The number of Topliss-reactive ketones (excluding diaryl/α,β-unsaturated/α-hetero) is 1. The van der Waals surface area contributed by atoms with E-state index in [2.05, 4.69) is 0 Å². The lowest BCUT2D eigenvalue weighted by molar-refractivity contribution is -0.158. The van der Waals surface area contributed by atoms with Gasteiger partial charge in [-0.25, -0.2) is 0 Å². The molecule has 3 rings (SSSR count). The van der Waals surface area contributed by atoms with Crippen LogP contribution in [0.25, 0.3) is 16.7 Å². The molecule has 0 atom stereocenters. The number of hydrogen-bond donors (Lipinski definition) is 2. The minimum absolute atomic E-state index is 0.0504. The van der Waals surface area contributed by atoms with Crippen molar-refractivity contribution in [3.05, 3.63) is 58.3 Å². The minimum Gasteiger partial charge on any atom is -0.508 e. The second-order valence-corrected chi connectivity index (χ2v) is 8.30. The van der Waals surface area contributed by atoms with Gasteiger partial charge in [0, 0.05) is 10.6 Å². The van der Waals surface area contributed by atoms with Crippen molar-refractivity contribution in [2.45, 2.75) is 45.8 Å². The van der Waals surface area contributed by atoms with Crippen molar-refractivity contribution in [1.82, 2.24) is 0 Å². The van der Waals surface area contributed by atoms with Crippen LogP contribution >= 0.6 is 11.6 Å². The Kier molecular flexibility index (Phi) is 4.61. The van der Waals surface area contributed by atoms with Crippen LogP contribution in [-0.2, 0) is 9.53 Å². The van der Waals surface area contributed by atoms with Crippen molar-refractivity contribution in [1.29, 1.82) is 0 Å². The van der Waals surface area contributed by atoms with Crippen LogP contribution < -0.4 is 0 Å². The number of benzene rings is 2. The largest absolute Gasteiger partial charge is 0.508 e. The molecule has 0 saturated carbocycles. The van der Waals surface area contributed by atoms with Gasteiger partial charge in [0.15, 0.2) is 5.78 Å². The minimum atomic E-state index is -1.06. The average molecular weight is 387 g/mol. The number of aryl methyl sites for hydroxylation is 1. The lowest BCUT2D eigenvalue weighted by atomic mass is 9.81. The summed E-state index contributed by atoms with van der Waals surface area (Å²) in [6.45, 7) is 8.76. The first-order chi connectivity index (χ1) is 12.4. The van der Waals surface area contributed by atoms with E-state index in [0.717, 1.165) is 11.1 Å².